The third-order valence-electron chi connectivity index (χ3n) is 4.52. The summed E-state index contributed by atoms with van der Waals surface area (Å²) in [4.78, 5) is 23.3. The molecule has 2 rings (SSSR count). The lowest BCUT2D eigenvalue weighted by molar-refractivity contribution is -0.132. The number of benzene rings is 1. The van der Waals surface area contributed by atoms with Gasteiger partial charge in [-0.25, -0.2) is 0 Å². The van der Waals surface area contributed by atoms with E-state index < -0.39 is 11.6 Å². The van der Waals surface area contributed by atoms with Crippen molar-refractivity contribution in [2.45, 2.75) is 51.0 Å². The molecular formula is C21H27NO6. The SMILES string of the molecule is COc1cc(CCC(=O)NCCO)cc(C#CC2(O)CCCC2)c1OC(C)=O. The summed E-state index contributed by atoms with van der Waals surface area (Å²) in [5.41, 5.74) is 0.191. The lowest BCUT2D eigenvalue weighted by Gasteiger charge is -2.15. The minimum absolute atomic E-state index is 0.112. The quantitative estimate of drug-likeness (QED) is 0.369. The Balaban J connectivity index is 2.31. The number of ether oxygens (including phenoxy) is 2. The van der Waals surface area contributed by atoms with Gasteiger partial charge in [0.1, 0.15) is 5.60 Å². The van der Waals surface area contributed by atoms with E-state index in [2.05, 4.69) is 17.2 Å². The van der Waals surface area contributed by atoms with Crippen LogP contribution in [0.5, 0.6) is 11.5 Å². The zero-order valence-electron chi connectivity index (χ0n) is 16.3. The van der Waals surface area contributed by atoms with E-state index in [-0.39, 0.29) is 31.2 Å². The van der Waals surface area contributed by atoms with Crippen LogP contribution in [0.4, 0.5) is 0 Å². The number of methoxy groups -OCH3 is 1. The summed E-state index contributed by atoms with van der Waals surface area (Å²) in [7, 11) is 1.46. The van der Waals surface area contributed by atoms with E-state index in [1.54, 1.807) is 12.1 Å². The number of amides is 1. The number of nitrogens with one attached hydrogen (secondary N) is 1. The van der Waals surface area contributed by atoms with Crippen molar-refractivity contribution in [3.8, 4) is 23.3 Å². The van der Waals surface area contributed by atoms with Crippen LogP contribution in [-0.4, -0.2) is 48.0 Å². The average molecular weight is 389 g/mol. The molecule has 152 valence electrons. The number of aliphatic hydroxyl groups excluding tert-OH is 1. The molecule has 0 saturated heterocycles. The first kappa shape index (κ1) is 21.7. The van der Waals surface area contributed by atoms with Crippen molar-refractivity contribution in [1.82, 2.24) is 5.32 Å². The molecule has 1 fully saturated rings. The van der Waals surface area contributed by atoms with Crippen LogP contribution in [0.2, 0.25) is 0 Å². The molecule has 3 N–H and O–H groups in total. The molecule has 1 saturated carbocycles. The predicted molar refractivity (Wildman–Crippen MR) is 103 cm³/mol. The normalized spacial score (nSPS) is 14.7. The van der Waals surface area contributed by atoms with Crippen molar-refractivity contribution in [1.29, 1.82) is 0 Å². The van der Waals surface area contributed by atoms with Crippen LogP contribution >= 0.6 is 0 Å². The Labute approximate surface area is 165 Å². The highest BCUT2D eigenvalue weighted by molar-refractivity contribution is 5.76. The number of carbonyl (C=O) groups is 2. The van der Waals surface area contributed by atoms with Gasteiger partial charge in [-0.3, -0.25) is 9.59 Å². The summed E-state index contributed by atoms with van der Waals surface area (Å²) in [6.45, 7) is 1.39. The smallest absolute Gasteiger partial charge is 0.308 e. The van der Waals surface area contributed by atoms with Crippen LogP contribution in [0.1, 0.15) is 50.2 Å². The molecular weight excluding hydrogens is 362 g/mol. The predicted octanol–water partition coefficient (Wildman–Crippen LogP) is 1.32. The molecule has 1 aromatic carbocycles. The monoisotopic (exact) mass is 389 g/mol. The van der Waals surface area contributed by atoms with Gasteiger partial charge in [0.15, 0.2) is 11.5 Å². The van der Waals surface area contributed by atoms with Gasteiger partial charge < -0.3 is 25.0 Å². The van der Waals surface area contributed by atoms with Gasteiger partial charge in [0.05, 0.1) is 19.3 Å². The maximum absolute atomic E-state index is 11.8. The minimum Gasteiger partial charge on any atom is -0.493 e. The van der Waals surface area contributed by atoms with Crippen LogP contribution in [-0.2, 0) is 16.0 Å². The Morgan fingerprint density at radius 3 is 2.61 bits per heavy atom. The molecule has 1 aliphatic carbocycles. The first-order chi connectivity index (χ1) is 13.4. The number of esters is 1. The molecule has 7 heteroatoms. The summed E-state index contributed by atoms with van der Waals surface area (Å²) in [5.74, 6) is 5.72. The van der Waals surface area contributed by atoms with E-state index in [0.717, 1.165) is 18.4 Å². The Morgan fingerprint density at radius 1 is 1.29 bits per heavy atom. The highest BCUT2D eigenvalue weighted by Crippen LogP contribution is 2.34. The molecule has 7 nitrogen and oxygen atoms in total. The van der Waals surface area contributed by atoms with Crippen LogP contribution in [0.25, 0.3) is 0 Å². The molecule has 1 aromatic rings. The van der Waals surface area contributed by atoms with Gasteiger partial charge in [0.25, 0.3) is 0 Å². The van der Waals surface area contributed by atoms with E-state index in [1.807, 2.05) is 0 Å². The van der Waals surface area contributed by atoms with Crippen LogP contribution < -0.4 is 14.8 Å². The molecule has 0 radical (unpaired) electrons. The van der Waals surface area contributed by atoms with Crippen molar-refractivity contribution in [3.05, 3.63) is 23.3 Å². The number of hydrogen-bond acceptors (Lipinski definition) is 6. The maximum Gasteiger partial charge on any atom is 0.308 e. The maximum atomic E-state index is 11.8. The van der Waals surface area contributed by atoms with Crippen molar-refractivity contribution < 1.29 is 29.3 Å². The molecule has 1 amide bonds. The average Bonchev–Trinajstić information content (AvgIpc) is 3.10. The zero-order valence-corrected chi connectivity index (χ0v) is 16.3. The van der Waals surface area contributed by atoms with Gasteiger partial charge in [0, 0.05) is 19.9 Å². The first-order valence-electron chi connectivity index (χ1n) is 9.39. The van der Waals surface area contributed by atoms with E-state index in [4.69, 9.17) is 14.6 Å². The summed E-state index contributed by atoms with van der Waals surface area (Å²) < 4.78 is 10.6. The van der Waals surface area contributed by atoms with Crippen molar-refractivity contribution in [2.24, 2.45) is 0 Å². The third-order valence-corrected chi connectivity index (χ3v) is 4.52. The number of aryl methyl sites for hydroxylation is 1. The Hall–Kier alpha value is -2.56. The molecule has 0 unspecified atom stereocenters. The molecule has 28 heavy (non-hydrogen) atoms. The van der Waals surface area contributed by atoms with E-state index in [0.29, 0.717) is 30.6 Å². The van der Waals surface area contributed by atoms with Gasteiger partial charge >= 0.3 is 5.97 Å². The number of carbonyl (C=O) groups excluding carboxylic acids is 2. The number of hydrogen-bond donors (Lipinski definition) is 3. The standard InChI is InChI=1S/C21H27NO6/c1-15(24)28-20-17(7-10-21(26)8-3-4-9-21)13-16(14-18(20)27-2)5-6-19(25)22-11-12-23/h13-14,23,26H,3-6,8-9,11-12H2,1-2H3,(H,22,25). The van der Waals surface area contributed by atoms with Gasteiger partial charge in [-0.1, -0.05) is 11.8 Å². The van der Waals surface area contributed by atoms with E-state index in [1.165, 1.54) is 14.0 Å². The van der Waals surface area contributed by atoms with Crippen LogP contribution in [0.15, 0.2) is 12.1 Å². The van der Waals surface area contributed by atoms with E-state index >= 15 is 0 Å². The van der Waals surface area contributed by atoms with Gasteiger partial charge in [-0.2, -0.15) is 0 Å². The fourth-order valence-electron chi connectivity index (χ4n) is 3.11. The Kier molecular flexibility index (Phi) is 7.85. The van der Waals surface area contributed by atoms with Crippen LogP contribution in [0, 0.1) is 11.8 Å². The topological polar surface area (TPSA) is 105 Å². The van der Waals surface area contributed by atoms with Crippen molar-refractivity contribution >= 4 is 11.9 Å². The Morgan fingerprint density at radius 2 is 2.00 bits per heavy atom. The summed E-state index contributed by atoms with van der Waals surface area (Å²) in [6, 6.07) is 3.44. The minimum atomic E-state index is -1.03. The Bertz CT molecular complexity index is 771. The largest absolute Gasteiger partial charge is 0.493 e. The van der Waals surface area contributed by atoms with Crippen LogP contribution in [0.3, 0.4) is 0 Å². The van der Waals surface area contributed by atoms with Gasteiger partial charge in [0.2, 0.25) is 5.91 Å². The highest BCUT2D eigenvalue weighted by Gasteiger charge is 2.28. The van der Waals surface area contributed by atoms with Crippen molar-refractivity contribution in [2.75, 3.05) is 20.3 Å². The summed E-state index contributed by atoms with van der Waals surface area (Å²) >= 11 is 0. The molecule has 1 aliphatic rings. The fourth-order valence-corrected chi connectivity index (χ4v) is 3.11. The summed E-state index contributed by atoms with van der Waals surface area (Å²) in [5, 5.41) is 21.9. The lowest BCUT2D eigenvalue weighted by atomic mass is 10.0. The molecule has 0 heterocycles. The zero-order chi connectivity index (χ0) is 20.6. The van der Waals surface area contributed by atoms with E-state index in [9.17, 15) is 14.7 Å². The third kappa shape index (κ3) is 6.25. The molecule has 0 atom stereocenters. The second kappa shape index (κ2) is 10.1. The molecule has 0 aliphatic heterocycles. The lowest BCUT2D eigenvalue weighted by Crippen LogP contribution is -2.26. The first-order valence-corrected chi connectivity index (χ1v) is 9.39. The van der Waals surface area contributed by atoms with Gasteiger partial charge in [-0.05, 0) is 49.8 Å². The van der Waals surface area contributed by atoms with Crippen molar-refractivity contribution in [3.63, 3.8) is 0 Å². The molecule has 0 aromatic heterocycles. The summed E-state index contributed by atoms with van der Waals surface area (Å²) in [6.07, 6.45) is 3.73. The second-order valence-corrected chi connectivity index (χ2v) is 6.83. The molecule has 0 bridgehead atoms. The number of rotatable bonds is 7. The highest BCUT2D eigenvalue weighted by atomic mass is 16.6. The second-order valence-electron chi connectivity index (χ2n) is 6.83. The molecule has 0 spiro atoms. The van der Waals surface area contributed by atoms with Gasteiger partial charge in [-0.15, -0.1) is 0 Å². The fraction of sp³-hybridized carbons (Fsp3) is 0.524. The number of aliphatic hydroxyl groups is 2.